The number of carbonyl (C=O) groups is 2. The lowest BCUT2D eigenvalue weighted by Crippen LogP contribution is -2.17. The van der Waals surface area contributed by atoms with E-state index in [0.717, 1.165) is 0 Å². The van der Waals surface area contributed by atoms with Crippen LogP contribution in [0.3, 0.4) is 0 Å². The Labute approximate surface area is 145 Å². The molecule has 0 saturated carbocycles. The summed E-state index contributed by atoms with van der Waals surface area (Å²) in [6.45, 7) is 2.03. The zero-order valence-corrected chi connectivity index (χ0v) is 14.2. The Morgan fingerprint density at radius 1 is 0.960 bits per heavy atom. The normalized spacial score (nSPS) is 9.88. The molecule has 0 atom stereocenters. The van der Waals surface area contributed by atoms with Gasteiger partial charge < -0.3 is 18.9 Å². The van der Waals surface area contributed by atoms with Crippen LogP contribution in [-0.2, 0) is 4.74 Å². The molecule has 0 aliphatic heterocycles. The minimum Gasteiger partial charge on any atom is -0.493 e. The smallest absolute Gasteiger partial charge is 0.417 e. The van der Waals surface area contributed by atoms with E-state index in [1.165, 1.54) is 14.2 Å². The largest absolute Gasteiger partial charge is 0.493 e. The van der Waals surface area contributed by atoms with Gasteiger partial charge in [0.1, 0.15) is 0 Å². The summed E-state index contributed by atoms with van der Waals surface area (Å²) in [5.74, 6) is 0.489. The second-order valence-corrected chi connectivity index (χ2v) is 4.80. The first-order chi connectivity index (χ1) is 12.1. The molecule has 1 amide bonds. The van der Waals surface area contributed by atoms with Crippen LogP contribution in [0.2, 0.25) is 0 Å². The van der Waals surface area contributed by atoms with E-state index in [1.807, 2.05) is 0 Å². The highest BCUT2D eigenvalue weighted by Crippen LogP contribution is 2.36. The SMILES string of the molecule is CCOC(=O)c1ccc(NC(=O)Oc2c(OC)cccc2OC)cc1. The Bertz CT molecular complexity index is 719. The highest BCUT2D eigenvalue weighted by Gasteiger charge is 2.16. The maximum absolute atomic E-state index is 12.1. The fourth-order valence-corrected chi connectivity index (χ4v) is 2.06. The number of nitrogens with one attached hydrogen (secondary N) is 1. The number of hydrogen-bond acceptors (Lipinski definition) is 6. The number of ether oxygens (including phenoxy) is 4. The zero-order chi connectivity index (χ0) is 18.2. The van der Waals surface area contributed by atoms with Crippen molar-refractivity contribution < 1.29 is 28.5 Å². The van der Waals surface area contributed by atoms with Gasteiger partial charge in [-0.1, -0.05) is 6.07 Å². The van der Waals surface area contributed by atoms with E-state index in [4.69, 9.17) is 18.9 Å². The fraction of sp³-hybridized carbons (Fsp3) is 0.222. The standard InChI is InChI=1S/C18H19NO6/c1-4-24-17(20)12-8-10-13(11-9-12)19-18(21)25-16-14(22-2)6-5-7-15(16)23-3/h5-11H,4H2,1-3H3,(H,19,21). The molecule has 0 aromatic heterocycles. The van der Waals surface area contributed by atoms with Crippen molar-refractivity contribution in [1.82, 2.24) is 0 Å². The molecule has 7 heteroatoms. The van der Waals surface area contributed by atoms with Crippen molar-refractivity contribution in [2.45, 2.75) is 6.92 Å². The van der Waals surface area contributed by atoms with Gasteiger partial charge in [-0.05, 0) is 43.3 Å². The van der Waals surface area contributed by atoms with Gasteiger partial charge in [0, 0.05) is 5.69 Å². The van der Waals surface area contributed by atoms with Gasteiger partial charge in [0.25, 0.3) is 0 Å². The molecule has 0 heterocycles. The second kappa shape index (κ2) is 8.58. The molecular weight excluding hydrogens is 326 g/mol. The maximum atomic E-state index is 12.1. The predicted molar refractivity (Wildman–Crippen MR) is 91.6 cm³/mol. The average Bonchev–Trinajstić information content (AvgIpc) is 2.62. The molecule has 0 spiro atoms. The summed E-state index contributed by atoms with van der Waals surface area (Å²) < 4.78 is 20.5. The summed E-state index contributed by atoms with van der Waals surface area (Å²) in [6.07, 6.45) is -0.716. The number of rotatable bonds is 6. The van der Waals surface area contributed by atoms with Crippen LogP contribution in [0.15, 0.2) is 42.5 Å². The van der Waals surface area contributed by atoms with E-state index >= 15 is 0 Å². The van der Waals surface area contributed by atoms with Crippen molar-refractivity contribution >= 4 is 17.7 Å². The van der Waals surface area contributed by atoms with Crippen LogP contribution in [-0.4, -0.2) is 32.9 Å². The van der Waals surface area contributed by atoms with E-state index in [2.05, 4.69) is 5.32 Å². The van der Waals surface area contributed by atoms with Crippen molar-refractivity contribution in [3.8, 4) is 17.2 Å². The van der Waals surface area contributed by atoms with Gasteiger partial charge in [-0.15, -0.1) is 0 Å². The van der Waals surface area contributed by atoms with E-state index in [0.29, 0.717) is 29.4 Å². The molecule has 0 radical (unpaired) electrons. The lowest BCUT2D eigenvalue weighted by Gasteiger charge is -2.13. The summed E-state index contributed by atoms with van der Waals surface area (Å²) >= 11 is 0. The maximum Gasteiger partial charge on any atom is 0.417 e. The first-order valence-electron chi connectivity index (χ1n) is 7.56. The van der Waals surface area contributed by atoms with Crippen LogP contribution in [0.5, 0.6) is 17.2 Å². The van der Waals surface area contributed by atoms with Gasteiger partial charge in [0.2, 0.25) is 5.75 Å². The first kappa shape index (κ1) is 18.1. The summed E-state index contributed by atoms with van der Waals surface area (Å²) in [7, 11) is 2.93. The van der Waals surface area contributed by atoms with Crippen LogP contribution >= 0.6 is 0 Å². The zero-order valence-electron chi connectivity index (χ0n) is 14.2. The third-order valence-electron chi connectivity index (χ3n) is 3.22. The van der Waals surface area contributed by atoms with Crippen molar-refractivity contribution in [3.05, 3.63) is 48.0 Å². The third-order valence-corrected chi connectivity index (χ3v) is 3.22. The molecule has 0 saturated heterocycles. The quantitative estimate of drug-likeness (QED) is 0.807. The molecule has 7 nitrogen and oxygen atoms in total. The molecule has 2 rings (SSSR count). The van der Waals surface area contributed by atoms with Gasteiger partial charge in [-0.3, -0.25) is 5.32 Å². The highest BCUT2D eigenvalue weighted by molar-refractivity contribution is 5.91. The Hall–Kier alpha value is -3.22. The molecule has 2 aromatic carbocycles. The molecule has 0 bridgehead atoms. The van der Waals surface area contributed by atoms with E-state index < -0.39 is 12.1 Å². The van der Waals surface area contributed by atoms with Gasteiger partial charge in [-0.25, -0.2) is 9.59 Å². The minimum atomic E-state index is -0.716. The molecule has 0 aliphatic rings. The molecule has 0 fully saturated rings. The average molecular weight is 345 g/mol. The van der Waals surface area contributed by atoms with Crippen LogP contribution in [0, 0.1) is 0 Å². The minimum absolute atomic E-state index is 0.174. The van der Waals surface area contributed by atoms with Crippen LogP contribution < -0.4 is 19.5 Å². The topological polar surface area (TPSA) is 83.1 Å². The Balaban J connectivity index is 2.07. The number of anilines is 1. The predicted octanol–water partition coefficient (Wildman–Crippen LogP) is 3.49. The van der Waals surface area contributed by atoms with E-state index in [9.17, 15) is 9.59 Å². The second-order valence-electron chi connectivity index (χ2n) is 4.80. The van der Waals surface area contributed by atoms with Crippen LogP contribution in [0.25, 0.3) is 0 Å². The van der Waals surface area contributed by atoms with Crippen molar-refractivity contribution in [2.24, 2.45) is 0 Å². The molecule has 1 N–H and O–H groups in total. The van der Waals surface area contributed by atoms with Gasteiger partial charge >= 0.3 is 12.1 Å². The number of methoxy groups -OCH3 is 2. The third kappa shape index (κ3) is 4.63. The number of esters is 1. The van der Waals surface area contributed by atoms with Crippen LogP contribution in [0.1, 0.15) is 17.3 Å². The van der Waals surface area contributed by atoms with E-state index in [-0.39, 0.29) is 5.75 Å². The molecule has 0 unspecified atom stereocenters. The Kier molecular flexibility index (Phi) is 6.22. The van der Waals surface area contributed by atoms with Crippen LogP contribution in [0.4, 0.5) is 10.5 Å². The van der Waals surface area contributed by atoms with E-state index in [1.54, 1.807) is 49.4 Å². The van der Waals surface area contributed by atoms with Gasteiger partial charge in [0.15, 0.2) is 11.5 Å². The Morgan fingerprint density at radius 3 is 2.08 bits per heavy atom. The molecular formula is C18H19NO6. The fourth-order valence-electron chi connectivity index (χ4n) is 2.06. The molecule has 0 aliphatic carbocycles. The van der Waals surface area contributed by atoms with Gasteiger partial charge in [0.05, 0.1) is 26.4 Å². The molecule has 25 heavy (non-hydrogen) atoms. The number of para-hydroxylation sites is 1. The highest BCUT2D eigenvalue weighted by atomic mass is 16.6. The summed E-state index contributed by atoms with van der Waals surface area (Å²) in [6, 6.07) is 11.3. The summed E-state index contributed by atoms with van der Waals surface area (Å²) in [5, 5.41) is 2.57. The van der Waals surface area contributed by atoms with Crippen molar-refractivity contribution in [3.63, 3.8) is 0 Å². The van der Waals surface area contributed by atoms with Crippen molar-refractivity contribution in [1.29, 1.82) is 0 Å². The van der Waals surface area contributed by atoms with Crippen molar-refractivity contribution in [2.75, 3.05) is 26.1 Å². The summed E-state index contributed by atoms with van der Waals surface area (Å²) in [4.78, 5) is 23.7. The number of hydrogen-bond donors (Lipinski definition) is 1. The lowest BCUT2D eigenvalue weighted by atomic mass is 10.2. The lowest BCUT2D eigenvalue weighted by molar-refractivity contribution is 0.0526. The molecule has 132 valence electrons. The summed E-state index contributed by atoms with van der Waals surface area (Å²) in [5.41, 5.74) is 0.860. The monoisotopic (exact) mass is 345 g/mol. The number of carbonyl (C=O) groups excluding carboxylic acids is 2. The number of amides is 1. The number of benzene rings is 2. The van der Waals surface area contributed by atoms with Gasteiger partial charge in [-0.2, -0.15) is 0 Å². The molecule has 2 aromatic rings. The Morgan fingerprint density at radius 2 is 1.56 bits per heavy atom. The first-order valence-corrected chi connectivity index (χ1v) is 7.56.